The molecule has 0 radical (unpaired) electrons. The highest BCUT2D eigenvalue weighted by molar-refractivity contribution is 7.15. The Bertz CT molecular complexity index is 403. The average Bonchev–Trinajstić information content (AvgIpc) is 2.41. The van der Waals surface area contributed by atoms with E-state index in [0.29, 0.717) is 4.96 Å². The van der Waals surface area contributed by atoms with Crippen LogP contribution in [0.25, 0.3) is 4.96 Å². The molecule has 4 nitrogen and oxygen atoms in total. The fraction of sp³-hybridized carbons (Fsp3) is 0. The molecule has 0 amide bonds. The fourth-order valence-corrected chi connectivity index (χ4v) is 1.70. The van der Waals surface area contributed by atoms with Crippen LogP contribution in [0, 0.1) is 0 Å². The van der Waals surface area contributed by atoms with E-state index in [-0.39, 0.29) is 5.69 Å². The van der Waals surface area contributed by atoms with Gasteiger partial charge in [-0.2, -0.15) is 0 Å². The van der Waals surface area contributed by atoms with Gasteiger partial charge >= 0.3 is 5.97 Å². The summed E-state index contributed by atoms with van der Waals surface area (Å²) in [5.74, 6) is -0.922. The molecule has 0 aliphatic carbocycles. The molecule has 2 aromatic heterocycles. The zero-order valence-corrected chi connectivity index (χ0v) is 6.21. The Hall–Kier alpha value is -1.36. The van der Waals surface area contributed by atoms with Crippen molar-refractivity contribution in [1.29, 1.82) is 0 Å². The van der Waals surface area contributed by atoms with Gasteiger partial charge in [-0.3, -0.25) is 4.40 Å². The van der Waals surface area contributed by atoms with Crippen molar-refractivity contribution >= 4 is 22.3 Å². The van der Waals surface area contributed by atoms with Crippen molar-refractivity contribution in [3.63, 3.8) is 0 Å². The van der Waals surface area contributed by atoms with E-state index in [0.717, 1.165) is 0 Å². The Morgan fingerprint density at radius 3 is 3.27 bits per heavy atom. The number of fused-ring (bicyclic) bond motifs is 1. The van der Waals surface area contributed by atoms with Crippen LogP contribution >= 0.6 is 11.3 Å². The molecule has 0 saturated carbocycles. The minimum Gasteiger partial charge on any atom is -0.477 e. The standard InChI is InChI=1S/C6H4N2O2S/c9-5(10)4-3-11-6-7-1-2-8(4)6/h1-3H,(H,9,10). The molecule has 2 rings (SSSR count). The molecule has 2 aromatic rings. The first-order valence-corrected chi connectivity index (χ1v) is 3.81. The maximum absolute atomic E-state index is 10.5. The number of aromatic nitrogens is 2. The summed E-state index contributed by atoms with van der Waals surface area (Å²) in [6, 6.07) is 0. The van der Waals surface area contributed by atoms with Crippen molar-refractivity contribution in [3.8, 4) is 0 Å². The first-order valence-electron chi connectivity index (χ1n) is 2.93. The number of rotatable bonds is 1. The molecule has 11 heavy (non-hydrogen) atoms. The molecule has 0 aromatic carbocycles. The number of carboxylic acids is 1. The molecular formula is C6H4N2O2S. The highest BCUT2D eigenvalue weighted by atomic mass is 32.1. The van der Waals surface area contributed by atoms with Crippen molar-refractivity contribution < 1.29 is 9.90 Å². The van der Waals surface area contributed by atoms with Gasteiger partial charge in [-0.1, -0.05) is 0 Å². The predicted molar refractivity (Wildman–Crippen MR) is 40.0 cm³/mol. The zero-order chi connectivity index (χ0) is 7.84. The van der Waals surface area contributed by atoms with E-state index in [2.05, 4.69) is 4.98 Å². The number of carboxylic acid groups (broad SMARTS) is 1. The lowest BCUT2D eigenvalue weighted by Crippen LogP contribution is -1.99. The molecule has 56 valence electrons. The molecular weight excluding hydrogens is 164 g/mol. The largest absolute Gasteiger partial charge is 0.477 e. The highest BCUT2D eigenvalue weighted by Gasteiger charge is 2.09. The third-order valence-electron chi connectivity index (χ3n) is 1.36. The number of hydrogen-bond donors (Lipinski definition) is 1. The van der Waals surface area contributed by atoms with E-state index in [1.165, 1.54) is 11.3 Å². The van der Waals surface area contributed by atoms with Gasteiger partial charge in [0, 0.05) is 17.8 Å². The van der Waals surface area contributed by atoms with Crippen LogP contribution in [0.1, 0.15) is 10.5 Å². The molecule has 0 atom stereocenters. The lowest BCUT2D eigenvalue weighted by atomic mass is 10.5. The summed E-state index contributed by atoms with van der Waals surface area (Å²) in [5.41, 5.74) is 0.266. The van der Waals surface area contributed by atoms with Crippen LogP contribution in [-0.4, -0.2) is 20.5 Å². The molecule has 0 spiro atoms. The topological polar surface area (TPSA) is 54.6 Å². The van der Waals surface area contributed by atoms with Crippen LogP contribution in [-0.2, 0) is 0 Å². The summed E-state index contributed by atoms with van der Waals surface area (Å²) in [6.07, 6.45) is 3.22. The number of thiazole rings is 1. The lowest BCUT2D eigenvalue weighted by molar-refractivity contribution is 0.0689. The molecule has 0 aliphatic heterocycles. The highest BCUT2D eigenvalue weighted by Crippen LogP contribution is 2.13. The van der Waals surface area contributed by atoms with Gasteiger partial charge in [0.25, 0.3) is 0 Å². The second kappa shape index (κ2) is 2.06. The predicted octanol–water partition coefficient (Wildman–Crippen LogP) is 1.09. The molecule has 0 unspecified atom stereocenters. The molecule has 0 aliphatic rings. The van der Waals surface area contributed by atoms with Gasteiger partial charge in [0.15, 0.2) is 4.96 Å². The normalized spacial score (nSPS) is 10.5. The van der Waals surface area contributed by atoms with Crippen LogP contribution in [0.15, 0.2) is 17.8 Å². The van der Waals surface area contributed by atoms with Gasteiger partial charge in [0.1, 0.15) is 5.69 Å². The van der Waals surface area contributed by atoms with Gasteiger partial charge < -0.3 is 5.11 Å². The van der Waals surface area contributed by atoms with Crippen LogP contribution in [0.4, 0.5) is 0 Å². The van der Waals surface area contributed by atoms with Crippen molar-refractivity contribution in [2.45, 2.75) is 0 Å². The molecule has 0 fully saturated rings. The van der Waals surface area contributed by atoms with Crippen LogP contribution in [0.3, 0.4) is 0 Å². The number of aromatic carboxylic acids is 1. The van der Waals surface area contributed by atoms with E-state index in [4.69, 9.17) is 5.11 Å². The van der Waals surface area contributed by atoms with Crippen molar-refractivity contribution in [1.82, 2.24) is 9.38 Å². The first kappa shape index (κ1) is 6.36. The first-order chi connectivity index (χ1) is 5.29. The molecule has 5 heteroatoms. The maximum atomic E-state index is 10.5. The Morgan fingerprint density at radius 1 is 1.73 bits per heavy atom. The molecule has 0 bridgehead atoms. The molecule has 0 saturated heterocycles. The SMILES string of the molecule is O=C(O)c1csc2nccn12. The van der Waals surface area contributed by atoms with Crippen LogP contribution in [0.5, 0.6) is 0 Å². The summed E-state index contributed by atoms with van der Waals surface area (Å²) in [5, 5.41) is 10.2. The minimum atomic E-state index is -0.922. The third-order valence-corrected chi connectivity index (χ3v) is 2.22. The van der Waals surface area contributed by atoms with E-state index >= 15 is 0 Å². The van der Waals surface area contributed by atoms with E-state index in [1.54, 1.807) is 22.2 Å². The van der Waals surface area contributed by atoms with Crippen molar-refractivity contribution in [3.05, 3.63) is 23.5 Å². The van der Waals surface area contributed by atoms with E-state index in [1.807, 2.05) is 0 Å². The number of nitrogens with zero attached hydrogens (tertiary/aromatic N) is 2. The second-order valence-corrected chi connectivity index (χ2v) is 2.84. The van der Waals surface area contributed by atoms with Crippen LogP contribution < -0.4 is 0 Å². The van der Waals surface area contributed by atoms with Crippen LogP contribution in [0.2, 0.25) is 0 Å². The fourth-order valence-electron chi connectivity index (χ4n) is 0.879. The molecule has 1 N–H and O–H groups in total. The Kier molecular flexibility index (Phi) is 1.19. The quantitative estimate of drug-likeness (QED) is 0.693. The summed E-state index contributed by atoms with van der Waals surface area (Å²) in [6.45, 7) is 0. The Morgan fingerprint density at radius 2 is 2.55 bits per heavy atom. The average molecular weight is 168 g/mol. The van der Waals surface area contributed by atoms with Crippen molar-refractivity contribution in [2.75, 3.05) is 0 Å². The van der Waals surface area contributed by atoms with Gasteiger partial charge in [0.2, 0.25) is 0 Å². The minimum absolute atomic E-state index is 0.266. The number of carbonyl (C=O) groups is 1. The number of hydrogen-bond acceptors (Lipinski definition) is 3. The summed E-state index contributed by atoms with van der Waals surface area (Å²) in [4.78, 5) is 15.2. The van der Waals surface area contributed by atoms with Gasteiger partial charge in [0.05, 0.1) is 0 Å². The summed E-state index contributed by atoms with van der Waals surface area (Å²) < 4.78 is 1.55. The third kappa shape index (κ3) is 0.813. The van der Waals surface area contributed by atoms with E-state index in [9.17, 15) is 4.79 Å². The molecule has 2 heterocycles. The zero-order valence-electron chi connectivity index (χ0n) is 5.39. The number of imidazole rings is 1. The lowest BCUT2D eigenvalue weighted by Gasteiger charge is -1.87. The van der Waals surface area contributed by atoms with Crippen molar-refractivity contribution in [2.24, 2.45) is 0 Å². The van der Waals surface area contributed by atoms with E-state index < -0.39 is 5.97 Å². The Balaban J connectivity index is 2.78. The Labute approximate surface area is 65.7 Å². The smallest absolute Gasteiger partial charge is 0.353 e. The monoisotopic (exact) mass is 168 g/mol. The van der Waals surface area contributed by atoms with Gasteiger partial charge in [-0.05, 0) is 0 Å². The summed E-state index contributed by atoms with van der Waals surface area (Å²) in [7, 11) is 0. The van der Waals surface area contributed by atoms with Gasteiger partial charge in [-0.15, -0.1) is 11.3 Å². The van der Waals surface area contributed by atoms with Gasteiger partial charge in [-0.25, -0.2) is 9.78 Å². The second-order valence-electron chi connectivity index (χ2n) is 2.01. The summed E-state index contributed by atoms with van der Waals surface area (Å²) >= 11 is 1.32. The maximum Gasteiger partial charge on any atom is 0.353 e.